The van der Waals surface area contributed by atoms with E-state index in [1.54, 1.807) is 0 Å². The number of hydrogen-bond acceptors (Lipinski definition) is 5. The summed E-state index contributed by atoms with van der Waals surface area (Å²) < 4.78 is 15.8. The molecule has 0 bridgehead atoms. The Bertz CT molecular complexity index is 291. The Hall–Kier alpha value is -1.04. The van der Waals surface area contributed by atoms with Gasteiger partial charge in [-0.1, -0.05) is 5.09 Å². The Balaban J connectivity index is 4.50. The summed E-state index contributed by atoms with van der Waals surface area (Å²) in [7, 11) is -1.29. The monoisotopic (exact) mass is 237 g/mol. The van der Waals surface area contributed by atoms with Gasteiger partial charge >= 0.3 is 25.2 Å². The molecule has 0 radical (unpaired) electrons. The van der Waals surface area contributed by atoms with Crippen LogP contribution in [0.25, 0.3) is 0 Å². The number of nitrogens with two attached hydrogens (primary N) is 1. The molecule has 0 aliphatic rings. The number of rotatable bonds is 5. The Morgan fingerprint density at radius 3 is 2.40 bits per heavy atom. The first-order valence-corrected chi connectivity index (χ1v) is 5.33. The van der Waals surface area contributed by atoms with Crippen molar-refractivity contribution in [3.05, 3.63) is 0 Å². The van der Waals surface area contributed by atoms with Gasteiger partial charge in [0.15, 0.2) is 0 Å². The van der Waals surface area contributed by atoms with Crippen LogP contribution in [0.5, 0.6) is 0 Å². The topological polar surface area (TPSA) is 119 Å². The smallest absolute Gasteiger partial charge is 0.466 e. The van der Waals surface area contributed by atoms with Crippen LogP contribution in [0.4, 0.5) is 0 Å². The predicted molar refractivity (Wildman–Crippen MR) is 52.4 cm³/mol. The van der Waals surface area contributed by atoms with Gasteiger partial charge in [-0.2, -0.15) is 0 Å². The van der Waals surface area contributed by atoms with E-state index in [9.17, 15) is 14.2 Å². The van der Waals surface area contributed by atoms with Crippen molar-refractivity contribution in [1.82, 2.24) is 5.09 Å². The molecule has 0 aromatic carbocycles. The highest BCUT2D eigenvalue weighted by molar-refractivity contribution is 7.45. The van der Waals surface area contributed by atoms with Crippen LogP contribution >= 0.6 is 7.95 Å². The van der Waals surface area contributed by atoms with Gasteiger partial charge in [-0.15, -0.1) is 0 Å². The Labute approximate surface area is 87.8 Å². The van der Waals surface area contributed by atoms with E-state index in [-0.39, 0.29) is 0 Å². The molecule has 4 N–H and O–H groups in total. The van der Waals surface area contributed by atoms with Crippen LogP contribution in [0.2, 0.25) is 0 Å². The van der Waals surface area contributed by atoms with Crippen molar-refractivity contribution in [2.75, 3.05) is 7.11 Å². The van der Waals surface area contributed by atoms with E-state index in [2.05, 4.69) is 9.82 Å². The second-order valence-electron chi connectivity index (χ2n) is 3.12. The number of aliphatic carboxylic acids is 1. The number of carboxylic acids is 1. The number of nitrogens with one attached hydrogen (secondary N) is 1. The second kappa shape index (κ2) is 5.16. The van der Waals surface area contributed by atoms with Gasteiger partial charge in [0.25, 0.3) is 0 Å². The average Bonchev–Trinajstić information content (AvgIpc) is 2.15. The minimum absolute atomic E-state index is 0.639. The van der Waals surface area contributed by atoms with Gasteiger partial charge in [-0.25, -0.2) is 4.79 Å². The lowest BCUT2D eigenvalue weighted by atomic mass is 10.4. The summed E-state index contributed by atoms with van der Waals surface area (Å²) in [5, 5.41) is 9.02. The van der Waals surface area contributed by atoms with Crippen LogP contribution in [0.3, 0.4) is 0 Å². The fourth-order valence-corrected chi connectivity index (χ4v) is 1.53. The molecule has 0 amide bonds. The Morgan fingerprint density at radius 2 is 2.07 bits per heavy atom. The highest BCUT2D eigenvalue weighted by Gasteiger charge is 2.50. The summed E-state index contributed by atoms with van der Waals surface area (Å²) in [6.07, 6.45) is 0. The molecule has 7 nitrogen and oxygen atoms in total. The maximum Gasteiger partial charge on any atom is 0.466 e. The first-order chi connectivity index (χ1) is 6.73. The van der Waals surface area contributed by atoms with Crippen molar-refractivity contribution < 1.29 is 24.0 Å². The summed E-state index contributed by atoms with van der Waals surface area (Å²) in [5.74, 6) is -2.05. The highest BCUT2D eigenvalue weighted by Crippen LogP contribution is 2.31. The molecule has 0 saturated carbocycles. The molecule has 15 heavy (non-hydrogen) atoms. The lowest BCUT2D eigenvalue weighted by molar-refractivity contribution is -0.142. The molecule has 0 spiro atoms. The molecule has 0 aliphatic carbocycles. The summed E-state index contributed by atoms with van der Waals surface area (Å²) in [6, 6.07) is -0.874. The van der Waals surface area contributed by atoms with Crippen molar-refractivity contribution in [3.8, 4) is 0 Å². The molecule has 0 aromatic heterocycles. The number of carboxylic acid groups (broad SMARTS) is 1. The molecule has 0 aliphatic heterocycles. The van der Waals surface area contributed by atoms with E-state index < -0.39 is 31.2 Å². The Kier molecular flexibility index (Phi) is 4.80. The SMILES string of the molecule is COC(=O)C(C)N[P+](=O)C(C)(N)C(=O)O. The van der Waals surface area contributed by atoms with Gasteiger partial charge in [0.05, 0.1) is 7.11 Å². The summed E-state index contributed by atoms with van der Waals surface area (Å²) >= 11 is 0. The Morgan fingerprint density at radius 1 is 1.60 bits per heavy atom. The zero-order valence-electron chi connectivity index (χ0n) is 8.68. The molecular formula is C7H14N2O5P+. The molecule has 0 rings (SSSR count). The molecule has 3 atom stereocenters. The van der Waals surface area contributed by atoms with E-state index in [0.29, 0.717) is 0 Å². The minimum atomic E-state index is -2.46. The van der Waals surface area contributed by atoms with E-state index in [1.165, 1.54) is 14.0 Å². The first-order valence-electron chi connectivity index (χ1n) is 4.07. The number of esters is 1. The number of ether oxygens (including phenoxy) is 1. The van der Waals surface area contributed by atoms with E-state index in [4.69, 9.17) is 10.8 Å². The maximum absolute atomic E-state index is 11.5. The fourth-order valence-electron chi connectivity index (χ4n) is 0.626. The van der Waals surface area contributed by atoms with Gasteiger partial charge in [-0.3, -0.25) is 10.5 Å². The summed E-state index contributed by atoms with van der Waals surface area (Å²) in [5.41, 5.74) is 5.30. The molecule has 0 aromatic rings. The van der Waals surface area contributed by atoms with Gasteiger partial charge in [0.2, 0.25) is 0 Å². The molecule has 86 valence electrons. The van der Waals surface area contributed by atoms with Crippen molar-refractivity contribution in [3.63, 3.8) is 0 Å². The third kappa shape index (κ3) is 3.54. The molecule has 0 saturated heterocycles. The molecule has 0 fully saturated rings. The van der Waals surface area contributed by atoms with E-state index in [0.717, 1.165) is 6.92 Å². The second-order valence-corrected chi connectivity index (χ2v) is 4.90. The summed E-state index contributed by atoms with van der Waals surface area (Å²) in [6.45, 7) is 2.50. The zero-order chi connectivity index (χ0) is 12.2. The van der Waals surface area contributed by atoms with Crippen LogP contribution in [0, 0.1) is 0 Å². The van der Waals surface area contributed by atoms with Gasteiger partial charge in [0.1, 0.15) is 6.04 Å². The lowest BCUT2D eigenvalue weighted by Crippen LogP contribution is -2.45. The van der Waals surface area contributed by atoms with Crippen LogP contribution in [0.15, 0.2) is 0 Å². The van der Waals surface area contributed by atoms with E-state index in [1.807, 2.05) is 0 Å². The molecule has 3 unspecified atom stereocenters. The average molecular weight is 237 g/mol. The van der Waals surface area contributed by atoms with Crippen molar-refractivity contribution in [2.24, 2.45) is 5.73 Å². The molecule has 0 heterocycles. The van der Waals surface area contributed by atoms with Crippen LogP contribution in [-0.2, 0) is 18.9 Å². The van der Waals surface area contributed by atoms with Crippen molar-refractivity contribution in [1.29, 1.82) is 0 Å². The quantitative estimate of drug-likeness (QED) is 0.441. The minimum Gasteiger partial charge on any atom is -0.477 e. The first kappa shape index (κ1) is 14.0. The number of carbonyl (C=O) groups is 2. The van der Waals surface area contributed by atoms with Crippen LogP contribution < -0.4 is 10.8 Å². The van der Waals surface area contributed by atoms with Gasteiger partial charge in [-0.05, 0) is 11.5 Å². The van der Waals surface area contributed by atoms with Crippen molar-refractivity contribution >= 4 is 19.9 Å². The highest BCUT2D eigenvalue weighted by atomic mass is 31.1. The standard InChI is InChI=1S/C7H13N2O5P/c1-4(5(10)14-3)9-15(13)7(2,8)6(11)12/h4H,8H2,1-3H3,(H-,9,11,12,13)/p+1. The van der Waals surface area contributed by atoms with Crippen LogP contribution in [0.1, 0.15) is 13.8 Å². The van der Waals surface area contributed by atoms with E-state index >= 15 is 0 Å². The van der Waals surface area contributed by atoms with Crippen LogP contribution in [-0.4, -0.2) is 35.5 Å². The van der Waals surface area contributed by atoms with Gasteiger partial charge < -0.3 is 9.84 Å². The molecule has 8 heteroatoms. The maximum atomic E-state index is 11.5. The zero-order valence-corrected chi connectivity index (χ0v) is 9.58. The third-order valence-electron chi connectivity index (χ3n) is 1.72. The van der Waals surface area contributed by atoms with Gasteiger partial charge in [0, 0.05) is 6.92 Å². The van der Waals surface area contributed by atoms with Crippen molar-refractivity contribution in [2.45, 2.75) is 25.2 Å². The summed E-state index contributed by atoms with van der Waals surface area (Å²) in [4.78, 5) is 21.6. The lowest BCUT2D eigenvalue weighted by Gasteiger charge is -2.09. The number of hydrogen-bond donors (Lipinski definition) is 3. The third-order valence-corrected chi connectivity index (χ3v) is 3.38. The fraction of sp³-hybridized carbons (Fsp3) is 0.714. The predicted octanol–water partition coefficient (Wildman–Crippen LogP) is -0.361. The normalized spacial score (nSPS) is 17.5. The number of methoxy groups -OCH3 is 1. The molecular weight excluding hydrogens is 223 g/mol. The largest absolute Gasteiger partial charge is 0.477 e. The number of carbonyl (C=O) groups excluding carboxylic acids is 1.